The Hall–Kier alpha value is -2.94. The summed E-state index contributed by atoms with van der Waals surface area (Å²) in [6.45, 7) is 4.64. The SMILES string of the molecule is O=C(c1cc(=O)nc2sc(N3CCCCCC3)nn12)N1CCN(c2ccccc2)CC1. The van der Waals surface area contributed by atoms with Gasteiger partial charge in [0.05, 0.1) is 0 Å². The lowest BCUT2D eigenvalue weighted by molar-refractivity contribution is 0.0737. The number of rotatable bonds is 3. The van der Waals surface area contributed by atoms with Crippen molar-refractivity contribution in [2.75, 3.05) is 49.1 Å². The quantitative estimate of drug-likeness (QED) is 0.626. The van der Waals surface area contributed by atoms with Gasteiger partial charge in [-0.25, -0.2) is 0 Å². The Morgan fingerprint density at radius 3 is 2.29 bits per heavy atom. The average Bonchev–Trinajstić information content (AvgIpc) is 3.04. The summed E-state index contributed by atoms with van der Waals surface area (Å²) in [7, 11) is 0. The molecule has 2 aliphatic heterocycles. The van der Waals surface area contributed by atoms with Crippen molar-refractivity contribution in [2.24, 2.45) is 0 Å². The maximum atomic E-state index is 13.3. The van der Waals surface area contributed by atoms with Gasteiger partial charge in [0.25, 0.3) is 11.5 Å². The Balaban J connectivity index is 1.38. The molecule has 0 saturated carbocycles. The number of nitrogens with zero attached hydrogens (tertiary/aromatic N) is 6. The zero-order valence-electron chi connectivity index (χ0n) is 17.4. The predicted octanol–water partition coefficient (Wildman–Crippen LogP) is 2.49. The number of piperazine rings is 1. The summed E-state index contributed by atoms with van der Waals surface area (Å²) in [6, 6.07) is 11.6. The van der Waals surface area contributed by atoms with Crippen molar-refractivity contribution in [3.63, 3.8) is 0 Å². The molecule has 2 aromatic heterocycles. The van der Waals surface area contributed by atoms with Gasteiger partial charge >= 0.3 is 0 Å². The van der Waals surface area contributed by atoms with Crippen LogP contribution in [0.25, 0.3) is 4.96 Å². The number of carbonyl (C=O) groups is 1. The smallest absolute Gasteiger partial charge is 0.274 e. The van der Waals surface area contributed by atoms with Gasteiger partial charge in [0.2, 0.25) is 10.1 Å². The van der Waals surface area contributed by atoms with Gasteiger partial charge < -0.3 is 14.7 Å². The first-order valence-electron chi connectivity index (χ1n) is 10.9. The summed E-state index contributed by atoms with van der Waals surface area (Å²) in [6.07, 6.45) is 4.74. The van der Waals surface area contributed by atoms with Crippen LogP contribution in [0.15, 0.2) is 41.2 Å². The molecule has 1 aromatic carbocycles. The fraction of sp³-hybridized carbons (Fsp3) is 0.455. The molecule has 0 aliphatic carbocycles. The van der Waals surface area contributed by atoms with E-state index in [1.807, 2.05) is 23.1 Å². The maximum absolute atomic E-state index is 13.3. The van der Waals surface area contributed by atoms with Crippen LogP contribution in [0.4, 0.5) is 10.8 Å². The van der Waals surface area contributed by atoms with Gasteiger partial charge in [-0.2, -0.15) is 9.50 Å². The summed E-state index contributed by atoms with van der Waals surface area (Å²) < 4.78 is 1.57. The lowest BCUT2D eigenvalue weighted by Gasteiger charge is -2.36. The standard InChI is InChI=1S/C22H26N6O2S/c29-19-16-18(20(30)26-14-12-25(13-15-26)17-8-4-3-5-9-17)28-21(23-19)31-22(24-28)27-10-6-1-2-7-11-27/h3-5,8-9,16H,1-2,6-7,10-15H2. The van der Waals surface area contributed by atoms with E-state index < -0.39 is 5.56 Å². The second kappa shape index (κ2) is 8.66. The molecule has 0 radical (unpaired) electrons. The van der Waals surface area contributed by atoms with Gasteiger partial charge in [-0.15, -0.1) is 5.10 Å². The topological polar surface area (TPSA) is 74.0 Å². The molecule has 2 fully saturated rings. The minimum atomic E-state index is -0.391. The molecule has 0 spiro atoms. The van der Waals surface area contributed by atoms with E-state index in [4.69, 9.17) is 5.10 Å². The molecule has 162 valence electrons. The molecule has 5 rings (SSSR count). The number of anilines is 2. The van der Waals surface area contributed by atoms with E-state index in [2.05, 4.69) is 26.9 Å². The number of aromatic nitrogens is 3. The summed E-state index contributed by atoms with van der Waals surface area (Å²) in [5, 5.41) is 5.54. The molecular weight excluding hydrogens is 412 g/mol. The van der Waals surface area contributed by atoms with E-state index in [1.165, 1.54) is 35.9 Å². The van der Waals surface area contributed by atoms with Crippen LogP contribution in [0, 0.1) is 0 Å². The van der Waals surface area contributed by atoms with E-state index in [1.54, 1.807) is 4.52 Å². The van der Waals surface area contributed by atoms with Gasteiger partial charge in [-0.1, -0.05) is 42.4 Å². The molecule has 0 atom stereocenters. The molecule has 2 saturated heterocycles. The molecule has 9 heteroatoms. The average molecular weight is 439 g/mol. The highest BCUT2D eigenvalue weighted by atomic mass is 32.1. The van der Waals surface area contributed by atoms with E-state index >= 15 is 0 Å². The second-order valence-electron chi connectivity index (χ2n) is 8.07. The summed E-state index contributed by atoms with van der Waals surface area (Å²) in [4.78, 5) is 36.5. The number of fused-ring (bicyclic) bond motifs is 1. The second-order valence-corrected chi connectivity index (χ2v) is 9.01. The number of carbonyl (C=O) groups excluding carboxylic acids is 1. The van der Waals surface area contributed by atoms with Crippen molar-refractivity contribution in [2.45, 2.75) is 25.7 Å². The Kier molecular flexibility index (Phi) is 5.59. The zero-order chi connectivity index (χ0) is 21.2. The first-order valence-corrected chi connectivity index (χ1v) is 11.8. The Morgan fingerprint density at radius 2 is 1.58 bits per heavy atom. The van der Waals surface area contributed by atoms with Crippen molar-refractivity contribution in [1.82, 2.24) is 19.5 Å². The molecule has 0 unspecified atom stereocenters. The highest BCUT2D eigenvalue weighted by Crippen LogP contribution is 2.25. The molecule has 8 nitrogen and oxygen atoms in total. The molecule has 31 heavy (non-hydrogen) atoms. The Labute approximate surface area is 184 Å². The normalized spacial score (nSPS) is 17.7. The molecule has 3 aromatic rings. The van der Waals surface area contributed by atoms with Crippen molar-refractivity contribution >= 4 is 33.0 Å². The van der Waals surface area contributed by atoms with Crippen molar-refractivity contribution in [3.8, 4) is 0 Å². The number of para-hydroxylation sites is 1. The lowest BCUT2D eigenvalue weighted by atomic mass is 10.2. The fourth-order valence-corrected chi connectivity index (χ4v) is 5.27. The van der Waals surface area contributed by atoms with E-state index in [9.17, 15) is 9.59 Å². The molecular formula is C22H26N6O2S. The summed E-state index contributed by atoms with van der Waals surface area (Å²) >= 11 is 1.39. The van der Waals surface area contributed by atoms with Gasteiger partial charge in [0, 0.05) is 51.0 Å². The van der Waals surface area contributed by atoms with Crippen LogP contribution in [0.5, 0.6) is 0 Å². The molecule has 0 bridgehead atoms. The zero-order valence-corrected chi connectivity index (χ0v) is 18.3. The first kappa shape index (κ1) is 20.0. The fourth-order valence-electron chi connectivity index (χ4n) is 4.32. The highest BCUT2D eigenvalue weighted by Gasteiger charge is 2.26. The van der Waals surface area contributed by atoms with E-state index in [-0.39, 0.29) is 5.91 Å². The van der Waals surface area contributed by atoms with Crippen LogP contribution in [0.2, 0.25) is 0 Å². The van der Waals surface area contributed by atoms with Crippen LogP contribution in [-0.2, 0) is 0 Å². The number of benzene rings is 1. The van der Waals surface area contributed by atoms with Crippen molar-refractivity contribution in [3.05, 3.63) is 52.4 Å². The van der Waals surface area contributed by atoms with Crippen LogP contribution >= 0.6 is 11.3 Å². The first-order chi connectivity index (χ1) is 15.2. The third kappa shape index (κ3) is 4.14. The largest absolute Gasteiger partial charge is 0.368 e. The van der Waals surface area contributed by atoms with Crippen LogP contribution in [0.1, 0.15) is 36.2 Å². The number of amides is 1. The van der Waals surface area contributed by atoms with Crippen LogP contribution in [-0.4, -0.2) is 64.7 Å². The molecule has 1 amide bonds. The predicted molar refractivity (Wildman–Crippen MR) is 122 cm³/mol. The Morgan fingerprint density at radius 1 is 0.871 bits per heavy atom. The maximum Gasteiger partial charge on any atom is 0.274 e. The minimum Gasteiger partial charge on any atom is -0.368 e. The van der Waals surface area contributed by atoms with Gasteiger partial charge in [0.15, 0.2) is 0 Å². The van der Waals surface area contributed by atoms with Crippen LogP contribution in [0.3, 0.4) is 0 Å². The van der Waals surface area contributed by atoms with Gasteiger partial charge in [-0.3, -0.25) is 9.59 Å². The van der Waals surface area contributed by atoms with Gasteiger partial charge in [0.1, 0.15) is 5.69 Å². The Bertz CT molecular complexity index is 1110. The monoisotopic (exact) mass is 438 g/mol. The van der Waals surface area contributed by atoms with Crippen molar-refractivity contribution < 1.29 is 4.79 Å². The molecule has 2 aliphatic rings. The number of hydrogen-bond acceptors (Lipinski definition) is 7. The van der Waals surface area contributed by atoms with E-state index in [0.717, 1.165) is 44.2 Å². The van der Waals surface area contributed by atoms with Crippen molar-refractivity contribution in [1.29, 1.82) is 0 Å². The van der Waals surface area contributed by atoms with Gasteiger partial charge in [-0.05, 0) is 25.0 Å². The number of hydrogen-bond donors (Lipinski definition) is 0. The molecule has 4 heterocycles. The molecule has 0 N–H and O–H groups in total. The minimum absolute atomic E-state index is 0.157. The van der Waals surface area contributed by atoms with E-state index in [0.29, 0.717) is 23.7 Å². The highest BCUT2D eigenvalue weighted by molar-refractivity contribution is 7.20. The summed E-state index contributed by atoms with van der Waals surface area (Å²) in [5.74, 6) is -0.157. The third-order valence-electron chi connectivity index (χ3n) is 6.03. The summed E-state index contributed by atoms with van der Waals surface area (Å²) in [5.41, 5.74) is 1.08. The lowest BCUT2D eigenvalue weighted by Crippen LogP contribution is -2.49. The third-order valence-corrected chi connectivity index (χ3v) is 7.00. The van der Waals surface area contributed by atoms with Crippen LogP contribution < -0.4 is 15.4 Å².